The van der Waals surface area contributed by atoms with Crippen molar-refractivity contribution in [3.8, 4) is 5.75 Å². The Morgan fingerprint density at radius 1 is 1.00 bits per heavy atom. The van der Waals surface area contributed by atoms with E-state index >= 15 is 0 Å². The lowest BCUT2D eigenvalue weighted by Gasteiger charge is -2.26. The first-order valence-electron chi connectivity index (χ1n) is 12.2. The van der Waals surface area contributed by atoms with E-state index in [1.165, 1.54) is 38.5 Å². The van der Waals surface area contributed by atoms with Gasteiger partial charge in [0.2, 0.25) is 0 Å². The zero-order chi connectivity index (χ0) is 23.3. The molecule has 0 aliphatic carbocycles. The number of nitrogens with one attached hydrogen (secondary N) is 1. The van der Waals surface area contributed by atoms with Crippen LogP contribution in [0.2, 0.25) is 0 Å². The van der Waals surface area contributed by atoms with Gasteiger partial charge in [0.25, 0.3) is 5.91 Å². The number of hydrogen-bond donors (Lipinski definition) is 1. The molecule has 1 heterocycles. The summed E-state index contributed by atoms with van der Waals surface area (Å²) < 4.78 is 11.6. The third kappa shape index (κ3) is 9.47. The molecule has 2 aromatic rings. The summed E-state index contributed by atoms with van der Waals surface area (Å²) in [6.07, 6.45) is 7.39. The van der Waals surface area contributed by atoms with Crippen molar-refractivity contribution in [2.45, 2.75) is 85.8 Å². The number of amides is 1. The zero-order valence-electron chi connectivity index (χ0n) is 20.7. The molecule has 0 saturated carbocycles. The fourth-order valence-corrected chi connectivity index (χ4v) is 3.94. The molecule has 1 atom stereocenters. The summed E-state index contributed by atoms with van der Waals surface area (Å²) in [5, 5.41) is 3.09. The molecular formula is C27H42N2O3. The van der Waals surface area contributed by atoms with Gasteiger partial charge in [-0.15, -0.1) is 0 Å². The van der Waals surface area contributed by atoms with E-state index in [0.717, 1.165) is 36.5 Å². The van der Waals surface area contributed by atoms with Crippen molar-refractivity contribution >= 4 is 5.91 Å². The Hall–Kier alpha value is -2.27. The quantitative estimate of drug-likeness (QED) is 0.330. The number of carbonyl (C=O) groups is 1. The SMILES string of the molecule is CCCCCN(CCCCC)CC(C)NC(=O)c1ccc(COc2cc(C)cc(C)c2)o1. The first-order chi connectivity index (χ1) is 15.4. The second-order valence-electron chi connectivity index (χ2n) is 8.97. The Kier molecular flexibility index (Phi) is 11.4. The molecule has 5 heteroatoms. The van der Waals surface area contributed by atoms with Gasteiger partial charge in [0.15, 0.2) is 5.76 Å². The van der Waals surface area contributed by atoms with E-state index in [9.17, 15) is 4.79 Å². The number of carbonyl (C=O) groups excluding carboxylic acids is 1. The molecular weight excluding hydrogens is 400 g/mol. The Morgan fingerprint density at radius 2 is 1.62 bits per heavy atom. The largest absolute Gasteiger partial charge is 0.486 e. The van der Waals surface area contributed by atoms with E-state index in [1.807, 2.05) is 32.0 Å². The van der Waals surface area contributed by atoms with Crippen molar-refractivity contribution in [3.63, 3.8) is 0 Å². The fourth-order valence-electron chi connectivity index (χ4n) is 3.94. The Morgan fingerprint density at radius 3 is 2.22 bits per heavy atom. The van der Waals surface area contributed by atoms with Crippen LogP contribution in [-0.4, -0.2) is 36.5 Å². The van der Waals surface area contributed by atoms with E-state index in [4.69, 9.17) is 9.15 Å². The van der Waals surface area contributed by atoms with Crippen molar-refractivity contribution in [1.82, 2.24) is 10.2 Å². The zero-order valence-corrected chi connectivity index (χ0v) is 20.7. The first kappa shape index (κ1) is 26.0. The highest BCUT2D eigenvalue weighted by molar-refractivity contribution is 5.91. The molecule has 1 aromatic carbocycles. The summed E-state index contributed by atoms with van der Waals surface area (Å²) in [7, 11) is 0. The molecule has 0 aliphatic heterocycles. The molecule has 0 radical (unpaired) electrons. The van der Waals surface area contributed by atoms with Gasteiger partial charge in [-0.1, -0.05) is 45.6 Å². The lowest BCUT2D eigenvalue weighted by Crippen LogP contribution is -2.42. The summed E-state index contributed by atoms with van der Waals surface area (Å²) in [4.78, 5) is 15.2. The van der Waals surface area contributed by atoms with Crippen molar-refractivity contribution < 1.29 is 13.9 Å². The van der Waals surface area contributed by atoms with Crippen LogP contribution in [0.4, 0.5) is 0 Å². The van der Waals surface area contributed by atoms with Gasteiger partial charge >= 0.3 is 0 Å². The number of benzene rings is 1. The van der Waals surface area contributed by atoms with E-state index in [0.29, 0.717) is 18.1 Å². The second-order valence-corrected chi connectivity index (χ2v) is 8.97. The average molecular weight is 443 g/mol. The Labute approximate surface area is 194 Å². The molecule has 32 heavy (non-hydrogen) atoms. The van der Waals surface area contributed by atoms with Gasteiger partial charge in [-0.05, 0) is 82.1 Å². The smallest absolute Gasteiger partial charge is 0.287 e. The van der Waals surface area contributed by atoms with Crippen LogP contribution in [0, 0.1) is 13.8 Å². The standard InChI is InChI=1S/C27H42N2O3/c1-6-8-10-14-29(15-11-9-7-2)19-23(5)28-27(30)26-13-12-24(32-26)20-31-25-17-21(3)16-22(4)18-25/h12-13,16-18,23H,6-11,14-15,19-20H2,1-5H3,(H,28,30). The van der Waals surface area contributed by atoms with Crippen LogP contribution in [0.25, 0.3) is 0 Å². The van der Waals surface area contributed by atoms with Crippen molar-refractivity contribution in [2.75, 3.05) is 19.6 Å². The topological polar surface area (TPSA) is 54.7 Å². The minimum absolute atomic E-state index is 0.0609. The molecule has 5 nitrogen and oxygen atoms in total. The van der Waals surface area contributed by atoms with Crippen molar-refractivity contribution in [1.29, 1.82) is 0 Å². The third-order valence-corrected chi connectivity index (χ3v) is 5.53. The van der Waals surface area contributed by atoms with Crippen LogP contribution in [0.1, 0.15) is 86.7 Å². The molecule has 1 aromatic heterocycles. The number of nitrogens with zero attached hydrogens (tertiary/aromatic N) is 1. The van der Waals surface area contributed by atoms with E-state index in [1.54, 1.807) is 6.07 Å². The number of hydrogen-bond acceptors (Lipinski definition) is 4. The van der Waals surface area contributed by atoms with Gasteiger partial charge in [0.05, 0.1) is 0 Å². The Bertz CT molecular complexity index is 785. The van der Waals surface area contributed by atoms with Crippen LogP contribution < -0.4 is 10.1 Å². The van der Waals surface area contributed by atoms with Gasteiger partial charge < -0.3 is 19.4 Å². The van der Waals surface area contributed by atoms with E-state index in [2.05, 4.69) is 37.1 Å². The number of ether oxygens (including phenoxy) is 1. The summed E-state index contributed by atoms with van der Waals surface area (Å²) >= 11 is 0. The fraction of sp³-hybridized carbons (Fsp3) is 0.593. The molecule has 1 unspecified atom stereocenters. The van der Waals surface area contributed by atoms with Gasteiger partial charge in [0.1, 0.15) is 18.1 Å². The molecule has 1 amide bonds. The number of aryl methyl sites for hydroxylation is 2. The van der Waals surface area contributed by atoms with Gasteiger partial charge in [-0.2, -0.15) is 0 Å². The molecule has 0 bridgehead atoms. The van der Waals surface area contributed by atoms with E-state index in [-0.39, 0.29) is 11.9 Å². The molecule has 0 spiro atoms. The number of furan rings is 1. The van der Waals surface area contributed by atoms with Crippen molar-refractivity contribution in [3.05, 3.63) is 53.0 Å². The summed E-state index contributed by atoms with van der Waals surface area (Å²) in [6.45, 7) is 14.0. The highest BCUT2D eigenvalue weighted by atomic mass is 16.5. The predicted octanol–water partition coefficient (Wildman–Crippen LogP) is 6.28. The first-order valence-corrected chi connectivity index (χ1v) is 12.2. The van der Waals surface area contributed by atoms with E-state index < -0.39 is 0 Å². The van der Waals surface area contributed by atoms with Crippen LogP contribution in [0.3, 0.4) is 0 Å². The van der Waals surface area contributed by atoms with Crippen LogP contribution in [0.5, 0.6) is 5.75 Å². The van der Waals surface area contributed by atoms with Crippen LogP contribution in [-0.2, 0) is 6.61 Å². The van der Waals surface area contributed by atoms with Gasteiger partial charge in [-0.25, -0.2) is 0 Å². The normalized spacial score (nSPS) is 12.2. The molecule has 0 fully saturated rings. The maximum atomic E-state index is 12.7. The maximum Gasteiger partial charge on any atom is 0.287 e. The summed E-state index contributed by atoms with van der Waals surface area (Å²) in [5.41, 5.74) is 2.32. The lowest BCUT2D eigenvalue weighted by atomic mass is 10.1. The molecule has 1 N–H and O–H groups in total. The minimum atomic E-state index is -0.169. The molecule has 178 valence electrons. The molecule has 0 saturated heterocycles. The predicted molar refractivity (Wildman–Crippen MR) is 131 cm³/mol. The highest BCUT2D eigenvalue weighted by Gasteiger charge is 2.16. The number of unbranched alkanes of at least 4 members (excludes halogenated alkanes) is 4. The second kappa shape index (κ2) is 14.0. The van der Waals surface area contributed by atoms with Crippen LogP contribution in [0.15, 0.2) is 34.7 Å². The average Bonchev–Trinajstić information content (AvgIpc) is 3.21. The van der Waals surface area contributed by atoms with Gasteiger partial charge in [0, 0.05) is 12.6 Å². The minimum Gasteiger partial charge on any atom is -0.486 e. The van der Waals surface area contributed by atoms with Gasteiger partial charge in [-0.3, -0.25) is 4.79 Å². The van der Waals surface area contributed by atoms with Crippen molar-refractivity contribution in [2.24, 2.45) is 0 Å². The third-order valence-electron chi connectivity index (χ3n) is 5.53. The number of rotatable bonds is 15. The molecule has 0 aliphatic rings. The monoisotopic (exact) mass is 442 g/mol. The molecule has 2 rings (SSSR count). The Balaban J connectivity index is 1.84. The summed E-state index contributed by atoms with van der Waals surface area (Å²) in [5.74, 6) is 1.61. The van der Waals surface area contributed by atoms with Crippen LogP contribution >= 0.6 is 0 Å². The summed E-state index contributed by atoms with van der Waals surface area (Å²) in [6, 6.07) is 9.70. The lowest BCUT2D eigenvalue weighted by molar-refractivity contribution is 0.0896. The highest BCUT2D eigenvalue weighted by Crippen LogP contribution is 2.18. The maximum absolute atomic E-state index is 12.7.